The smallest absolute Gasteiger partial charge is 0.248 e. The maximum Gasteiger partial charge on any atom is 0.248 e. The minimum Gasteiger partial charge on any atom is -0.342 e. The van der Waals surface area contributed by atoms with Crippen LogP contribution in [0.1, 0.15) is 32.3 Å². The van der Waals surface area contributed by atoms with Gasteiger partial charge in [0.25, 0.3) is 0 Å². The van der Waals surface area contributed by atoms with E-state index >= 15 is 0 Å². The summed E-state index contributed by atoms with van der Waals surface area (Å²) >= 11 is 12.1. The Morgan fingerprint density at radius 3 is 2.71 bits per heavy atom. The second-order valence-electron chi connectivity index (χ2n) is 5.45. The van der Waals surface area contributed by atoms with Crippen LogP contribution in [-0.2, 0) is 16.1 Å². The van der Waals surface area contributed by atoms with Crippen molar-refractivity contribution in [2.24, 2.45) is 0 Å². The van der Waals surface area contributed by atoms with Crippen LogP contribution in [0.2, 0.25) is 10.0 Å². The number of rotatable bonds is 3. The van der Waals surface area contributed by atoms with Crippen LogP contribution in [0.15, 0.2) is 18.2 Å². The molecule has 1 aliphatic rings. The number of hydrogen-bond acceptors (Lipinski definition) is 2. The van der Waals surface area contributed by atoms with Gasteiger partial charge in [-0.1, -0.05) is 30.1 Å². The highest BCUT2D eigenvalue weighted by molar-refractivity contribution is 6.33. The first kappa shape index (κ1) is 16.1. The lowest BCUT2D eigenvalue weighted by Crippen LogP contribution is -2.54. The van der Waals surface area contributed by atoms with Crippen LogP contribution >= 0.6 is 23.2 Å². The summed E-state index contributed by atoms with van der Waals surface area (Å²) in [6, 6.07) is 5.17. The monoisotopic (exact) mass is 328 g/mol. The summed E-state index contributed by atoms with van der Waals surface area (Å²) in [5.74, 6) is -0.195. The summed E-state index contributed by atoms with van der Waals surface area (Å²) in [6.07, 6.45) is 0.830. The van der Waals surface area contributed by atoms with Crippen molar-refractivity contribution in [1.82, 2.24) is 10.2 Å². The van der Waals surface area contributed by atoms with E-state index in [0.29, 0.717) is 36.0 Å². The molecule has 0 radical (unpaired) electrons. The van der Waals surface area contributed by atoms with E-state index in [1.807, 2.05) is 6.92 Å². The van der Waals surface area contributed by atoms with E-state index in [-0.39, 0.29) is 11.8 Å². The zero-order valence-electron chi connectivity index (χ0n) is 12.1. The van der Waals surface area contributed by atoms with Gasteiger partial charge in [-0.15, -0.1) is 0 Å². The van der Waals surface area contributed by atoms with Gasteiger partial charge in [-0.2, -0.15) is 0 Å². The zero-order valence-corrected chi connectivity index (χ0v) is 13.6. The highest BCUT2D eigenvalue weighted by Gasteiger charge is 2.39. The predicted octanol–water partition coefficient (Wildman–Crippen LogP) is 3.01. The van der Waals surface area contributed by atoms with Crippen LogP contribution in [0.25, 0.3) is 0 Å². The third kappa shape index (κ3) is 3.50. The number of halogens is 2. The van der Waals surface area contributed by atoms with Crippen molar-refractivity contribution in [2.45, 2.75) is 38.8 Å². The third-order valence-electron chi connectivity index (χ3n) is 3.86. The number of amides is 2. The number of carbonyl (C=O) groups is 2. The van der Waals surface area contributed by atoms with Gasteiger partial charge in [-0.3, -0.25) is 9.59 Å². The minimum absolute atomic E-state index is 0.0908. The Labute approximate surface area is 134 Å². The topological polar surface area (TPSA) is 49.4 Å². The molecule has 2 amide bonds. The van der Waals surface area contributed by atoms with E-state index in [9.17, 15) is 9.59 Å². The summed E-state index contributed by atoms with van der Waals surface area (Å²) in [7, 11) is 0. The molecule has 114 valence electrons. The number of nitrogens with zero attached hydrogens (tertiary/aromatic N) is 1. The van der Waals surface area contributed by atoms with Gasteiger partial charge in [-0.25, -0.2) is 0 Å². The van der Waals surface area contributed by atoms with Crippen LogP contribution in [0.4, 0.5) is 0 Å². The van der Waals surface area contributed by atoms with E-state index in [0.717, 1.165) is 5.56 Å². The minimum atomic E-state index is -0.862. The fraction of sp³-hybridized carbons (Fsp3) is 0.467. The summed E-state index contributed by atoms with van der Waals surface area (Å²) in [5.41, 5.74) is -0.0798. The lowest BCUT2D eigenvalue weighted by Gasteiger charge is -2.31. The van der Waals surface area contributed by atoms with Gasteiger partial charge in [0.05, 0.1) is 0 Å². The molecule has 1 aromatic carbocycles. The molecule has 1 aromatic rings. The van der Waals surface area contributed by atoms with Gasteiger partial charge in [0.1, 0.15) is 5.54 Å². The molecular weight excluding hydrogens is 311 g/mol. The van der Waals surface area contributed by atoms with Crippen molar-refractivity contribution in [3.05, 3.63) is 33.8 Å². The first-order chi connectivity index (χ1) is 9.85. The van der Waals surface area contributed by atoms with Crippen molar-refractivity contribution in [3.63, 3.8) is 0 Å². The van der Waals surface area contributed by atoms with Gasteiger partial charge in [-0.05, 0) is 37.1 Å². The van der Waals surface area contributed by atoms with Gasteiger partial charge in [0.2, 0.25) is 11.8 Å². The molecule has 0 bridgehead atoms. The average Bonchev–Trinajstić information content (AvgIpc) is 2.55. The molecule has 0 aromatic heterocycles. The van der Waals surface area contributed by atoms with Crippen molar-refractivity contribution < 1.29 is 9.59 Å². The average molecular weight is 329 g/mol. The van der Waals surface area contributed by atoms with Crippen LogP contribution in [0, 0.1) is 0 Å². The Morgan fingerprint density at radius 2 is 2.05 bits per heavy atom. The molecule has 0 spiro atoms. The number of hydrogen-bond donors (Lipinski definition) is 1. The SMILES string of the molecule is CCC1(C)NC(=O)CCN(Cc2cc(Cl)ccc2Cl)C1=O. The largest absolute Gasteiger partial charge is 0.342 e. The van der Waals surface area contributed by atoms with Gasteiger partial charge in [0, 0.05) is 29.6 Å². The second kappa shape index (κ2) is 6.24. The predicted molar refractivity (Wildman–Crippen MR) is 83.3 cm³/mol. The Balaban J connectivity index is 2.27. The van der Waals surface area contributed by atoms with Crippen LogP contribution in [0.3, 0.4) is 0 Å². The molecular formula is C15H18Cl2N2O2. The summed E-state index contributed by atoms with van der Waals surface area (Å²) in [4.78, 5) is 26.1. The number of benzene rings is 1. The lowest BCUT2D eigenvalue weighted by molar-refractivity contribution is -0.138. The highest BCUT2D eigenvalue weighted by Crippen LogP contribution is 2.25. The molecule has 1 saturated heterocycles. The molecule has 0 aliphatic carbocycles. The molecule has 21 heavy (non-hydrogen) atoms. The Morgan fingerprint density at radius 1 is 1.33 bits per heavy atom. The zero-order chi connectivity index (χ0) is 15.6. The van der Waals surface area contributed by atoms with Crippen molar-refractivity contribution in [2.75, 3.05) is 6.54 Å². The molecule has 1 heterocycles. The molecule has 1 fully saturated rings. The molecule has 1 aliphatic heterocycles. The normalized spacial score (nSPS) is 23.0. The molecule has 1 unspecified atom stereocenters. The van der Waals surface area contributed by atoms with E-state index in [4.69, 9.17) is 23.2 Å². The number of carbonyl (C=O) groups excluding carboxylic acids is 2. The number of nitrogens with one attached hydrogen (secondary N) is 1. The fourth-order valence-corrected chi connectivity index (χ4v) is 2.74. The summed E-state index contributed by atoms with van der Waals surface area (Å²) in [5, 5.41) is 3.94. The molecule has 1 atom stereocenters. The maximum atomic E-state index is 12.7. The van der Waals surface area contributed by atoms with Crippen molar-refractivity contribution in [1.29, 1.82) is 0 Å². The van der Waals surface area contributed by atoms with Crippen molar-refractivity contribution >= 4 is 35.0 Å². The summed E-state index contributed by atoms with van der Waals surface area (Å²) < 4.78 is 0. The fourth-order valence-electron chi connectivity index (χ4n) is 2.37. The van der Waals surface area contributed by atoms with E-state index in [2.05, 4.69) is 5.32 Å². The van der Waals surface area contributed by atoms with Crippen LogP contribution < -0.4 is 5.32 Å². The second-order valence-corrected chi connectivity index (χ2v) is 6.29. The Kier molecular flexibility index (Phi) is 4.79. The lowest BCUT2D eigenvalue weighted by atomic mass is 9.97. The van der Waals surface area contributed by atoms with E-state index < -0.39 is 5.54 Å². The molecule has 2 rings (SSSR count). The van der Waals surface area contributed by atoms with Crippen LogP contribution in [0.5, 0.6) is 0 Å². The molecule has 6 heteroatoms. The van der Waals surface area contributed by atoms with Gasteiger partial charge >= 0.3 is 0 Å². The highest BCUT2D eigenvalue weighted by atomic mass is 35.5. The quantitative estimate of drug-likeness (QED) is 0.927. The van der Waals surface area contributed by atoms with Crippen LogP contribution in [-0.4, -0.2) is 28.8 Å². The van der Waals surface area contributed by atoms with Crippen molar-refractivity contribution in [3.8, 4) is 0 Å². The van der Waals surface area contributed by atoms with Gasteiger partial charge in [0.15, 0.2) is 0 Å². The van der Waals surface area contributed by atoms with E-state index in [1.54, 1.807) is 30.0 Å². The molecule has 0 saturated carbocycles. The van der Waals surface area contributed by atoms with E-state index in [1.165, 1.54) is 0 Å². The van der Waals surface area contributed by atoms with Gasteiger partial charge < -0.3 is 10.2 Å². The first-order valence-electron chi connectivity index (χ1n) is 6.90. The third-order valence-corrected chi connectivity index (χ3v) is 4.46. The summed E-state index contributed by atoms with van der Waals surface area (Å²) in [6.45, 7) is 4.37. The standard InChI is InChI=1S/C15H18Cl2N2O2/c1-3-15(2)14(21)19(7-6-13(20)18-15)9-10-8-11(16)4-5-12(10)17/h4-5,8H,3,6-7,9H2,1-2H3,(H,18,20). The first-order valence-corrected chi connectivity index (χ1v) is 7.65. The molecule has 4 nitrogen and oxygen atoms in total. The molecule has 1 N–H and O–H groups in total. The maximum absolute atomic E-state index is 12.7. The Bertz CT molecular complexity index is 577. The Hall–Kier alpha value is -1.26.